The molecule has 54 heavy (non-hydrogen) atoms. The SMILES string of the molecule is CC1(C)c2cc(C#N)ccc2-c2ccc(-c3ccc4oc5ccccc5c4c3-c3cc#cc(-c4nc(-c5ccccc5)nc(-c5ccccc5)n4)c3)cc21. The molecule has 0 unspecified atom stereocenters. The molecule has 5 heteroatoms. The summed E-state index contributed by atoms with van der Waals surface area (Å²) < 4.78 is 6.44. The summed E-state index contributed by atoms with van der Waals surface area (Å²) in [6, 6.07) is 58.2. The Morgan fingerprint density at radius 2 is 1.20 bits per heavy atom. The van der Waals surface area contributed by atoms with Crippen LogP contribution in [0.3, 0.4) is 0 Å². The van der Waals surface area contributed by atoms with Gasteiger partial charge in [-0.3, -0.25) is 0 Å². The summed E-state index contributed by atoms with van der Waals surface area (Å²) in [6.07, 6.45) is 0. The third-order valence-electron chi connectivity index (χ3n) is 10.6. The second-order valence-electron chi connectivity index (χ2n) is 14.2. The fourth-order valence-electron chi connectivity index (χ4n) is 7.95. The average molecular weight is 691 g/mol. The molecule has 0 saturated heterocycles. The van der Waals surface area contributed by atoms with Gasteiger partial charge in [-0.2, -0.15) is 5.26 Å². The van der Waals surface area contributed by atoms with Crippen LogP contribution in [0.25, 0.3) is 89.5 Å². The minimum atomic E-state index is -0.283. The minimum Gasteiger partial charge on any atom is -0.456 e. The lowest BCUT2D eigenvalue weighted by atomic mass is 9.80. The lowest BCUT2D eigenvalue weighted by molar-refractivity contribution is 0.660. The monoisotopic (exact) mass is 690 g/mol. The van der Waals surface area contributed by atoms with Gasteiger partial charge in [0.1, 0.15) is 11.2 Å². The highest BCUT2D eigenvalue weighted by molar-refractivity contribution is 6.16. The van der Waals surface area contributed by atoms with Gasteiger partial charge in [-0.25, -0.2) is 15.0 Å². The molecule has 1 aliphatic rings. The molecule has 0 aliphatic heterocycles. The van der Waals surface area contributed by atoms with Crippen molar-refractivity contribution in [1.82, 2.24) is 15.0 Å². The maximum atomic E-state index is 9.68. The Bertz CT molecular complexity index is 2920. The number of nitriles is 1. The van der Waals surface area contributed by atoms with Crippen LogP contribution in [0, 0.1) is 23.5 Å². The van der Waals surface area contributed by atoms with Crippen LogP contribution in [0.4, 0.5) is 0 Å². The number of para-hydroxylation sites is 1. The van der Waals surface area contributed by atoms with Crippen molar-refractivity contribution < 1.29 is 4.42 Å². The fraction of sp³-hybridized carbons (Fsp3) is 0.0612. The van der Waals surface area contributed by atoms with Crippen molar-refractivity contribution in [2.45, 2.75) is 19.3 Å². The number of hydrogen-bond donors (Lipinski definition) is 0. The summed E-state index contributed by atoms with van der Waals surface area (Å²) in [4.78, 5) is 14.9. The van der Waals surface area contributed by atoms with Gasteiger partial charge in [-0.15, -0.1) is 0 Å². The van der Waals surface area contributed by atoms with Crippen molar-refractivity contribution in [3.8, 4) is 73.6 Å². The molecule has 9 aromatic rings. The van der Waals surface area contributed by atoms with Crippen molar-refractivity contribution in [2.75, 3.05) is 0 Å². The van der Waals surface area contributed by atoms with E-state index < -0.39 is 0 Å². The summed E-state index contributed by atoms with van der Waals surface area (Å²) in [5, 5.41) is 11.7. The van der Waals surface area contributed by atoms with E-state index in [0.717, 1.165) is 55.3 Å². The van der Waals surface area contributed by atoms with Gasteiger partial charge in [0.05, 0.1) is 17.2 Å². The number of hydrogen-bond acceptors (Lipinski definition) is 5. The number of benzene rings is 6. The van der Waals surface area contributed by atoms with Crippen LogP contribution in [-0.2, 0) is 5.41 Å². The first-order valence-electron chi connectivity index (χ1n) is 17.9. The highest BCUT2D eigenvalue weighted by Gasteiger charge is 2.36. The first kappa shape index (κ1) is 31.4. The van der Waals surface area contributed by atoms with Crippen LogP contribution in [0.1, 0.15) is 30.5 Å². The Kier molecular flexibility index (Phi) is 7.05. The summed E-state index contributed by atoms with van der Waals surface area (Å²) in [5.41, 5.74) is 13.4. The molecule has 2 aromatic heterocycles. The quantitative estimate of drug-likeness (QED) is 0.180. The normalized spacial score (nSPS) is 12.6. The van der Waals surface area contributed by atoms with Gasteiger partial charge < -0.3 is 4.42 Å². The lowest BCUT2D eigenvalue weighted by Gasteiger charge is -2.22. The Hall–Kier alpha value is -7.34. The standard InChI is InChI=1S/C49H30N4O/c1-49(2)40-26-30(29-50)20-22-37(40)38-23-21-33(28-41(38)49)36-24-25-43-45(39-18-9-10-19-42(39)54-43)44(36)34-16-11-17-35(27-34)48-52-46(31-12-5-3-6-13-31)51-47(53-48)32-14-7-4-8-15-32/h3-10,12-16,18-28H,1-2H3. The van der Waals surface area contributed by atoms with E-state index in [0.29, 0.717) is 28.6 Å². The van der Waals surface area contributed by atoms with Crippen LogP contribution in [0.15, 0.2) is 150 Å². The van der Waals surface area contributed by atoms with Crippen LogP contribution >= 0.6 is 0 Å². The number of aromatic nitrogens is 3. The van der Waals surface area contributed by atoms with Crippen molar-refractivity contribution >= 4 is 21.9 Å². The average Bonchev–Trinajstić information content (AvgIpc) is 3.72. The second kappa shape index (κ2) is 12.1. The summed E-state index contributed by atoms with van der Waals surface area (Å²) >= 11 is 0. The van der Waals surface area contributed by atoms with Gasteiger partial charge in [0.2, 0.25) is 0 Å². The molecular formula is C49H30N4O. The van der Waals surface area contributed by atoms with E-state index >= 15 is 0 Å². The van der Waals surface area contributed by atoms with Crippen LogP contribution in [0.5, 0.6) is 0 Å². The number of nitrogens with zero attached hydrogens (tertiary/aromatic N) is 4. The Balaban J connectivity index is 1.19. The van der Waals surface area contributed by atoms with Crippen molar-refractivity contribution in [3.05, 3.63) is 174 Å². The third-order valence-corrected chi connectivity index (χ3v) is 10.6. The zero-order valence-electron chi connectivity index (χ0n) is 29.6. The minimum absolute atomic E-state index is 0.283. The van der Waals surface area contributed by atoms with E-state index in [1.54, 1.807) is 0 Å². The molecule has 2 heterocycles. The summed E-state index contributed by atoms with van der Waals surface area (Å²) in [5.74, 6) is 1.69. The molecule has 252 valence electrons. The Labute approximate surface area is 312 Å². The largest absolute Gasteiger partial charge is 0.456 e. The summed E-state index contributed by atoms with van der Waals surface area (Å²) in [7, 11) is 0. The molecule has 1 aliphatic carbocycles. The Morgan fingerprint density at radius 1 is 0.574 bits per heavy atom. The predicted octanol–water partition coefficient (Wildman–Crippen LogP) is 11.9. The van der Waals surface area contributed by atoms with Gasteiger partial charge in [-0.05, 0) is 81.4 Å². The van der Waals surface area contributed by atoms with Crippen molar-refractivity contribution in [3.63, 3.8) is 0 Å². The topological polar surface area (TPSA) is 75.6 Å². The maximum Gasteiger partial charge on any atom is 0.172 e. The molecule has 7 aromatic carbocycles. The zero-order chi connectivity index (χ0) is 36.4. The maximum absolute atomic E-state index is 9.68. The molecule has 0 saturated carbocycles. The smallest absolute Gasteiger partial charge is 0.172 e. The van der Waals surface area contributed by atoms with E-state index in [1.807, 2.05) is 91.0 Å². The molecular weight excluding hydrogens is 661 g/mol. The van der Waals surface area contributed by atoms with Crippen LogP contribution < -0.4 is 0 Å². The number of fused-ring (bicyclic) bond motifs is 6. The first-order chi connectivity index (χ1) is 26.5. The van der Waals surface area contributed by atoms with Crippen molar-refractivity contribution in [2.24, 2.45) is 0 Å². The predicted molar refractivity (Wildman–Crippen MR) is 214 cm³/mol. The van der Waals surface area contributed by atoms with E-state index in [4.69, 9.17) is 19.4 Å². The van der Waals surface area contributed by atoms with Gasteiger partial charge in [0.15, 0.2) is 17.5 Å². The molecule has 0 fully saturated rings. The Morgan fingerprint density at radius 3 is 1.93 bits per heavy atom. The van der Waals surface area contributed by atoms with E-state index in [2.05, 4.69) is 86.6 Å². The first-order valence-corrected chi connectivity index (χ1v) is 17.9. The van der Waals surface area contributed by atoms with E-state index in [9.17, 15) is 5.26 Å². The van der Waals surface area contributed by atoms with Gasteiger partial charge in [0.25, 0.3) is 0 Å². The molecule has 10 rings (SSSR count). The number of rotatable bonds is 5. The number of furan rings is 1. The fourth-order valence-corrected chi connectivity index (χ4v) is 7.95. The van der Waals surface area contributed by atoms with Gasteiger partial charge >= 0.3 is 0 Å². The molecule has 0 spiro atoms. The van der Waals surface area contributed by atoms with Gasteiger partial charge in [-0.1, -0.05) is 129 Å². The molecule has 0 amide bonds. The van der Waals surface area contributed by atoms with Crippen molar-refractivity contribution in [1.29, 1.82) is 5.26 Å². The van der Waals surface area contributed by atoms with E-state index in [-0.39, 0.29) is 5.41 Å². The highest BCUT2D eigenvalue weighted by atomic mass is 16.3. The second-order valence-corrected chi connectivity index (χ2v) is 14.2. The summed E-state index contributed by atoms with van der Waals surface area (Å²) in [6.45, 7) is 4.49. The van der Waals surface area contributed by atoms with Crippen LogP contribution in [0.2, 0.25) is 0 Å². The third kappa shape index (κ3) is 4.99. The van der Waals surface area contributed by atoms with E-state index in [1.165, 1.54) is 22.3 Å². The molecule has 0 bridgehead atoms. The molecule has 0 atom stereocenters. The lowest BCUT2D eigenvalue weighted by Crippen LogP contribution is -2.15. The molecule has 0 N–H and O–H groups in total. The molecule has 0 radical (unpaired) electrons. The molecule has 5 nitrogen and oxygen atoms in total. The van der Waals surface area contributed by atoms with Crippen LogP contribution in [-0.4, -0.2) is 15.0 Å². The zero-order valence-corrected chi connectivity index (χ0v) is 29.6. The van der Waals surface area contributed by atoms with Gasteiger partial charge in [0, 0.05) is 32.9 Å². The highest BCUT2D eigenvalue weighted by Crippen LogP contribution is 2.51.